The molecule has 2 saturated heterocycles. The number of thioether (sulfide) groups is 1. The molecule has 2 aliphatic heterocycles. The van der Waals surface area contributed by atoms with Crippen molar-refractivity contribution >= 4 is 21.6 Å². The molecule has 0 amide bonds. The van der Waals surface area contributed by atoms with Gasteiger partial charge in [0.25, 0.3) is 0 Å². The van der Waals surface area contributed by atoms with Gasteiger partial charge >= 0.3 is 0 Å². The van der Waals surface area contributed by atoms with E-state index in [-0.39, 0.29) is 16.5 Å². The van der Waals surface area contributed by atoms with Crippen molar-refractivity contribution < 1.29 is 8.42 Å². The Kier molecular flexibility index (Phi) is 4.62. The van der Waals surface area contributed by atoms with E-state index in [4.69, 9.17) is 0 Å². The first-order chi connectivity index (χ1) is 8.47. The highest BCUT2D eigenvalue weighted by molar-refractivity contribution is 8.01. The normalized spacial score (nSPS) is 34.9. The lowest BCUT2D eigenvalue weighted by Crippen LogP contribution is -2.51. The lowest BCUT2D eigenvalue weighted by atomic mass is 9.89. The minimum absolute atomic E-state index is 0.240. The molecule has 2 rings (SSSR count). The molecule has 2 aliphatic rings. The van der Waals surface area contributed by atoms with Crippen LogP contribution in [0.1, 0.15) is 20.3 Å². The van der Waals surface area contributed by atoms with E-state index in [9.17, 15) is 8.42 Å². The van der Waals surface area contributed by atoms with Crippen molar-refractivity contribution in [2.45, 2.75) is 25.6 Å². The second-order valence-corrected chi connectivity index (χ2v) is 9.29. The van der Waals surface area contributed by atoms with Gasteiger partial charge in [-0.15, -0.1) is 0 Å². The van der Waals surface area contributed by atoms with Crippen LogP contribution in [0.25, 0.3) is 0 Å². The van der Waals surface area contributed by atoms with Gasteiger partial charge in [0.1, 0.15) is 5.37 Å². The molecule has 2 atom stereocenters. The zero-order chi connectivity index (χ0) is 13.2. The highest BCUT2D eigenvalue weighted by Gasteiger charge is 2.38. The third kappa shape index (κ3) is 3.21. The lowest BCUT2D eigenvalue weighted by Gasteiger charge is -2.39. The molecular weight excluding hydrogens is 268 g/mol. The van der Waals surface area contributed by atoms with Gasteiger partial charge in [-0.3, -0.25) is 4.90 Å². The molecule has 0 aromatic rings. The second-order valence-electron chi connectivity index (χ2n) is 5.69. The average Bonchev–Trinajstić information content (AvgIpc) is 2.76. The van der Waals surface area contributed by atoms with Crippen LogP contribution in [0.3, 0.4) is 0 Å². The summed E-state index contributed by atoms with van der Waals surface area (Å²) >= 11 is 1.77. The second kappa shape index (κ2) is 5.69. The molecule has 2 fully saturated rings. The zero-order valence-corrected chi connectivity index (χ0v) is 12.9. The van der Waals surface area contributed by atoms with Crippen LogP contribution in [0.2, 0.25) is 0 Å². The standard InChI is InChI=1S/C12H24N2O2S2/c1-3-18(15,16)11-8-17-7-6-14(11)10-12(2)4-5-13-9-12/h11,13H,3-10H2,1-2H3. The van der Waals surface area contributed by atoms with E-state index in [0.717, 1.165) is 44.1 Å². The fraction of sp³-hybridized carbons (Fsp3) is 1.00. The van der Waals surface area contributed by atoms with E-state index in [1.807, 2.05) is 0 Å². The summed E-state index contributed by atoms with van der Waals surface area (Å²) in [4.78, 5) is 2.21. The summed E-state index contributed by atoms with van der Waals surface area (Å²) in [6, 6.07) is 0. The maximum atomic E-state index is 12.2. The maximum absolute atomic E-state index is 12.2. The van der Waals surface area contributed by atoms with Crippen LogP contribution in [0.5, 0.6) is 0 Å². The fourth-order valence-electron chi connectivity index (χ4n) is 2.81. The van der Waals surface area contributed by atoms with Gasteiger partial charge in [0.2, 0.25) is 0 Å². The minimum Gasteiger partial charge on any atom is -0.316 e. The van der Waals surface area contributed by atoms with Crippen LogP contribution in [-0.4, -0.2) is 62.1 Å². The molecular formula is C12H24N2O2S2. The monoisotopic (exact) mass is 292 g/mol. The molecule has 0 radical (unpaired) electrons. The number of nitrogens with one attached hydrogen (secondary N) is 1. The number of hydrogen-bond acceptors (Lipinski definition) is 5. The molecule has 0 bridgehead atoms. The Morgan fingerprint density at radius 2 is 2.28 bits per heavy atom. The Morgan fingerprint density at radius 3 is 2.89 bits per heavy atom. The Labute approximate surface area is 115 Å². The summed E-state index contributed by atoms with van der Waals surface area (Å²) in [6.07, 6.45) is 1.15. The van der Waals surface area contributed by atoms with E-state index >= 15 is 0 Å². The third-order valence-corrected chi connectivity index (χ3v) is 7.38. The van der Waals surface area contributed by atoms with Crippen LogP contribution >= 0.6 is 11.8 Å². The van der Waals surface area contributed by atoms with Gasteiger partial charge in [0, 0.05) is 36.9 Å². The van der Waals surface area contributed by atoms with Crippen molar-refractivity contribution in [3.05, 3.63) is 0 Å². The molecule has 106 valence electrons. The third-order valence-electron chi connectivity index (χ3n) is 4.05. The Morgan fingerprint density at radius 1 is 1.50 bits per heavy atom. The largest absolute Gasteiger partial charge is 0.316 e. The fourth-order valence-corrected chi connectivity index (χ4v) is 5.89. The molecule has 6 heteroatoms. The summed E-state index contributed by atoms with van der Waals surface area (Å²) < 4.78 is 24.3. The van der Waals surface area contributed by atoms with Crippen molar-refractivity contribution in [1.82, 2.24) is 10.2 Å². The first-order valence-corrected chi connectivity index (χ1v) is 9.58. The topological polar surface area (TPSA) is 49.4 Å². The van der Waals surface area contributed by atoms with E-state index < -0.39 is 9.84 Å². The van der Waals surface area contributed by atoms with Gasteiger partial charge in [0.05, 0.1) is 0 Å². The number of nitrogens with zero attached hydrogens (tertiary/aromatic N) is 1. The number of rotatable bonds is 4. The molecule has 2 unspecified atom stereocenters. The summed E-state index contributed by atoms with van der Waals surface area (Å²) in [5.74, 6) is 2.04. The van der Waals surface area contributed by atoms with Crippen molar-refractivity contribution in [3.63, 3.8) is 0 Å². The van der Waals surface area contributed by atoms with Gasteiger partial charge in [-0.25, -0.2) is 8.42 Å². The summed E-state index contributed by atoms with van der Waals surface area (Å²) in [5.41, 5.74) is 0.240. The maximum Gasteiger partial charge on any atom is 0.166 e. The Bertz CT molecular complexity index is 378. The molecule has 1 N–H and O–H groups in total. The summed E-state index contributed by atoms with van der Waals surface area (Å²) in [7, 11) is -2.95. The molecule has 0 aromatic carbocycles. The average molecular weight is 292 g/mol. The van der Waals surface area contributed by atoms with E-state index in [2.05, 4.69) is 17.1 Å². The van der Waals surface area contributed by atoms with E-state index in [1.165, 1.54) is 0 Å². The van der Waals surface area contributed by atoms with Gasteiger partial charge < -0.3 is 5.32 Å². The molecule has 18 heavy (non-hydrogen) atoms. The van der Waals surface area contributed by atoms with Crippen molar-refractivity contribution in [1.29, 1.82) is 0 Å². The van der Waals surface area contributed by atoms with Crippen LogP contribution in [0, 0.1) is 5.41 Å². The van der Waals surface area contributed by atoms with E-state index in [1.54, 1.807) is 18.7 Å². The number of sulfone groups is 1. The van der Waals surface area contributed by atoms with Crippen molar-refractivity contribution in [2.75, 3.05) is 43.4 Å². The summed E-state index contributed by atoms with van der Waals surface area (Å²) in [6.45, 7) is 7.91. The highest BCUT2D eigenvalue weighted by atomic mass is 32.2. The van der Waals surface area contributed by atoms with Crippen LogP contribution in [-0.2, 0) is 9.84 Å². The first kappa shape index (κ1) is 14.6. The van der Waals surface area contributed by atoms with E-state index in [0.29, 0.717) is 0 Å². The Hall–Kier alpha value is 0.220. The van der Waals surface area contributed by atoms with Crippen LogP contribution in [0.15, 0.2) is 0 Å². The predicted octanol–water partition coefficient (Wildman–Crippen LogP) is 0.796. The lowest BCUT2D eigenvalue weighted by molar-refractivity contribution is 0.174. The Balaban J connectivity index is 2.08. The van der Waals surface area contributed by atoms with Gasteiger partial charge in [-0.1, -0.05) is 13.8 Å². The quantitative estimate of drug-likeness (QED) is 0.830. The molecule has 0 saturated carbocycles. The van der Waals surface area contributed by atoms with Crippen LogP contribution < -0.4 is 5.32 Å². The first-order valence-electron chi connectivity index (χ1n) is 6.71. The molecule has 4 nitrogen and oxygen atoms in total. The van der Waals surface area contributed by atoms with Crippen molar-refractivity contribution in [2.24, 2.45) is 5.41 Å². The van der Waals surface area contributed by atoms with Gasteiger partial charge in [-0.2, -0.15) is 11.8 Å². The van der Waals surface area contributed by atoms with Gasteiger partial charge in [0.15, 0.2) is 9.84 Å². The SMILES string of the molecule is CCS(=O)(=O)C1CSCCN1CC1(C)CCNC1. The highest BCUT2D eigenvalue weighted by Crippen LogP contribution is 2.30. The smallest absolute Gasteiger partial charge is 0.166 e. The number of hydrogen-bond donors (Lipinski definition) is 1. The molecule has 2 heterocycles. The van der Waals surface area contributed by atoms with Gasteiger partial charge in [-0.05, 0) is 18.4 Å². The van der Waals surface area contributed by atoms with Crippen LogP contribution in [0.4, 0.5) is 0 Å². The minimum atomic E-state index is -2.95. The van der Waals surface area contributed by atoms with Crippen molar-refractivity contribution in [3.8, 4) is 0 Å². The summed E-state index contributed by atoms with van der Waals surface area (Å²) in [5, 5.41) is 3.12. The molecule has 0 aliphatic carbocycles. The zero-order valence-electron chi connectivity index (χ0n) is 11.3. The molecule has 0 aromatic heterocycles. The molecule has 0 spiro atoms. The predicted molar refractivity (Wildman–Crippen MR) is 77.7 cm³/mol.